The van der Waals surface area contributed by atoms with E-state index in [1.165, 1.54) is 5.56 Å². The highest BCUT2D eigenvalue weighted by atomic mass is 15.2. The van der Waals surface area contributed by atoms with Gasteiger partial charge < -0.3 is 9.88 Å². The molecule has 0 bridgehead atoms. The van der Waals surface area contributed by atoms with Crippen molar-refractivity contribution in [3.05, 3.63) is 35.7 Å². The van der Waals surface area contributed by atoms with Crippen LogP contribution in [-0.2, 0) is 20.0 Å². The van der Waals surface area contributed by atoms with Crippen LogP contribution < -0.4 is 0 Å². The predicted molar refractivity (Wildman–Crippen MR) is 71.2 cm³/mol. The van der Waals surface area contributed by atoms with Crippen LogP contribution in [-0.4, -0.2) is 38.2 Å². The number of aryl methyl sites for hydroxylation is 3. The van der Waals surface area contributed by atoms with Crippen molar-refractivity contribution in [2.45, 2.75) is 26.3 Å². The van der Waals surface area contributed by atoms with Crippen molar-refractivity contribution in [3.8, 4) is 0 Å². The van der Waals surface area contributed by atoms with Crippen molar-refractivity contribution >= 4 is 0 Å². The average molecular weight is 247 g/mol. The minimum absolute atomic E-state index is 0.905. The minimum Gasteiger partial charge on any atom is -0.348 e. The summed E-state index contributed by atoms with van der Waals surface area (Å²) in [4.78, 5) is 9.73. The van der Waals surface area contributed by atoms with Crippen LogP contribution in [0.1, 0.15) is 23.4 Å². The number of imidazole rings is 1. The molecule has 2 heterocycles. The van der Waals surface area contributed by atoms with Gasteiger partial charge in [-0.25, -0.2) is 4.98 Å². The first-order chi connectivity index (χ1) is 8.65. The number of hydrogen-bond donors (Lipinski definition) is 1. The highest BCUT2D eigenvalue weighted by Gasteiger charge is 2.05. The first-order valence-corrected chi connectivity index (χ1v) is 6.30. The molecule has 0 unspecified atom stereocenters. The van der Waals surface area contributed by atoms with Gasteiger partial charge in [-0.3, -0.25) is 4.68 Å². The van der Waals surface area contributed by atoms with Gasteiger partial charge in [-0.05, 0) is 38.9 Å². The lowest BCUT2D eigenvalue weighted by Gasteiger charge is -2.15. The van der Waals surface area contributed by atoms with E-state index >= 15 is 0 Å². The van der Waals surface area contributed by atoms with Gasteiger partial charge in [-0.2, -0.15) is 5.10 Å². The number of nitrogens with zero attached hydrogens (tertiary/aromatic N) is 4. The third kappa shape index (κ3) is 3.43. The van der Waals surface area contributed by atoms with Gasteiger partial charge in [0.1, 0.15) is 0 Å². The predicted octanol–water partition coefficient (Wildman–Crippen LogP) is 1.52. The van der Waals surface area contributed by atoms with Gasteiger partial charge in [0.2, 0.25) is 0 Å². The van der Waals surface area contributed by atoms with Crippen LogP contribution in [0.3, 0.4) is 0 Å². The molecular formula is C13H21N5. The molecule has 5 heteroatoms. The zero-order valence-corrected chi connectivity index (χ0v) is 11.3. The van der Waals surface area contributed by atoms with Crippen LogP contribution in [0.2, 0.25) is 0 Å². The van der Waals surface area contributed by atoms with Crippen molar-refractivity contribution in [1.29, 1.82) is 0 Å². The van der Waals surface area contributed by atoms with Crippen molar-refractivity contribution in [2.75, 3.05) is 13.6 Å². The van der Waals surface area contributed by atoms with E-state index in [0.717, 1.165) is 37.3 Å². The molecule has 0 aromatic carbocycles. The van der Waals surface area contributed by atoms with Crippen LogP contribution in [0.4, 0.5) is 0 Å². The molecule has 2 aromatic heterocycles. The summed E-state index contributed by atoms with van der Waals surface area (Å²) in [6.45, 7) is 4.04. The van der Waals surface area contributed by atoms with Crippen LogP contribution in [0.15, 0.2) is 18.7 Å². The standard InChI is InChI=1S/C13H21N5/c1-11-13(15-10-14-11)9-17(2)6-4-5-12-7-16-18(3)8-12/h7-8,10H,4-6,9H2,1-3H3,(H,14,15). The first-order valence-electron chi connectivity index (χ1n) is 6.30. The van der Waals surface area contributed by atoms with Gasteiger partial charge >= 0.3 is 0 Å². The van der Waals surface area contributed by atoms with Crippen molar-refractivity contribution < 1.29 is 0 Å². The molecule has 0 aliphatic carbocycles. The Morgan fingerprint density at radius 1 is 1.44 bits per heavy atom. The fourth-order valence-electron chi connectivity index (χ4n) is 2.04. The lowest BCUT2D eigenvalue weighted by molar-refractivity contribution is 0.318. The van der Waals surface area contributed by atoms with E-state index in [9.17, 15) is 0 Å². The van der Waals surface area contributed by atoms with Gasteiger partial charge in [0.15, 0.2) is 0 Å². The lowest BCUT2D eigenvalue weighted by Crippen LogP contribution is -2.20. The van der Waals surface area contributed by atoms with Gasteiger partial charge in [0.05, 0.1) is 18.2 Å². The average Bonchev–Trinajstić information content (AvgIpc) is 2.89. The van der Waals surface area contributed by atoms with E-state index in [1.54, 1.807) is 6.33 Å². The Bertz CT molecular complexity index is 485. The fourth-order valence-corrected chi connectivity index (χ4v) is 2.04. The number of hydrogen-bond acceptors (Lipinski definition) is 3. The number of aromatic nitrogens is 4. The van der Waals surface area contributed by atoms with E-state index in [2.05, 4.69) is 40.1 Å². The van der Waals surface area contributed by atoms with Crippen molar-refractivity contribution in [2.24, 2.45) is 7.05 Å². The third-order valence-corrected chi connectivity index (χ3v) is 3.12. The summed E-state index contributed by atoms with van der Waals surface area (Å²) in [5, 5.41) is 4.18. The molecule has 2 aromatic rings. The van der Waals surface area contributed by atoms with Crippen LogP contribution in [0.25, 0.3) is 0 Å². The second kappa shape index (κ2) is 5.82. The second-order valence-electron chi connectivity index (χ2n) is 4.84. The molecule has 98 valence electrons. The molecule has 0 fully saturated rings. The Labute approximate surface area is 108 Å². The maximum atomic E-state index is 4.31. The summed E-state index contributed by atoms with van der Waals surface area (Å²) in [7, 11) is 4.09. The Kier molecular flexibility index (Phi) is 4.15. The SMILES string of the molecule is Cc1[nH]cnc1CN(C)CCCc1cnn(C)c1. The summed E-state index contributed by atoms with van der Waals surface area (Å²) < 4.78 is 1.85. The number of rotatable bonds is 6. The largest absolute Gasteiger partial charge is 0.348 e. The zero-order valence-electron chi connectivity index (χ0n) is 11.3. The molecule has 2 rings (SSSR count). The minimum atomic E-state index is 0.905. The third-order valence-electron chi connectivity index (χ3n) is 3.12. The molecule has 18 heavy (non-hydrogen) atoms. The molecule has 0 aliphatic rings. The monoisotopic (exact) mass is 247 g/mol. The van der Waals surface area contributed by atoms with Crippen LogP contribution in [0.5, 0.6) is 0 Å². The molecule has 0 atom stereocenters. The summed E-state index contributed by atoms with van der Waals surface area (Å²) >= 11 is 0. The molecule has 0 amide bonds. The van der Waals surface area contributed by atoms with E-state index in [0.29, 0.717) is 0 Å². The molecule has 0 saturated carbocycles. The van der Waals surface area contributed by atoms with E-state index < -0.39 is 0 Å². The summed E-state index contributed by atoms with van der Waals surface area (Å²) in [5.74, 6) is 0. The lowest BCUT2D eigenvalue weighted by atomic mass is 10.2. The smallest absolute Gasteiger partial charge is 0.0925 e. The molecular weight excluding hydrogens is 226 g/mol. The highest BCUT2D eigenvalue weighted by molar-refractivity contribution is 5.08. The molecule has 0 saturated heterocycles. The summed E-state index contributed by atoms with van der Waals surface area (Å²) in [6, 6.07) is 0. The number of H-pyrrole nitrogens is 1. The van der Waals surface area contributed by atoms with E-state index in [4.69, 9.17) is 0 Å². The molecule has 5 nitrogen and oxygen atoms in total. The highest BCUT2D eigenvalue weighted by Crippen LogP contribution is 2.06. The van der Waals surface area contributed by atoms with Gasteiger partial charge in [-0.1, -0.05) is 0 Å². The van der Waals surface area contributed by atoms with Gasteiger partial charge in [0.25, 0.3) is 0 Å². The Hall–Kier alpha value is -1.62. The number of aromatic amines is 1. The van der Waals surface area contributed by atoms with Crippen LogP contribution in [0, 0.1) is 6.92 Å². The second-order valence-corrected chi connectivity index (χ2v) is 4.84. The number of nitrogens with one attached hydrogen (secondary N) is 1. The first kappa shape index (κ1) is 12.8. The normalized spacial score (nSPS) is 11.3. The molecule has 0 spiro atoms. The van der Waals surface area contributed by atoms with Gasteiger partial charge in [0, 0.05) is 25.5 Å². The summed E-state index contributed by atoms with van der Waals surface area (Å²) in [5.41, 5.74) is 3.61. The van der Waals surface area contributed by atoms with E-state index in [1.807, 2.05) is 17.9 Å². The van der Waals surface area contributed by atoms with Crippen molar-refractivity contribution in [3.63, 3.8) is 0 Å². The zero-order chi connectivity index (χ0) is 13.0. The molecule has 0 aliphatic heterocycles. The summed E-state index contributed by atoms with van der Waals surface area (Å²) in [6.07, 6.45) is 8.01. The van der Waals surface area contributed by atoms with Crippen molar-refractivity contribution in [1.82, 2.24) is 24.6 Å². The maximum absolute atomic E-state index is 4.31. The molecule has 0 radical (unpaired) electrons. The van der Waals surface area contributed by atoms with Gasteiger partial charge in [-0.15, -0.1) is 0 Å². The Morgan fingerprint density at radius 3 is 2.89 bits per heavy atom. The van der Waals surface area contributed by atoms with Crippen LogP contribution >= 0.6 is 0 Å². The van der Waals surface area contributed by atoms with E-state index in [-0.39, 0.29) is 0 Å². The fraction of sp³-hybridized carbons (Fsp3) is 0.538. The Morgan fingerprint density at radius 2 is 2.28 bits per heavy atom. The Balaban J connectivity index is 1.72. The quantitative estimate of drug-likeness (QED) is 0.842. The maximum Gasteiger partial charge on any atom is 0.0925 e. The topological polar surface area (TPSA) is 49.7 Å². The molecule has 1 N–H and O–H groups in total.